The zero-order chi connectivity index (χ0) is 19.6. The molecule has 0 saturated heterocycles. The highest BCUT2D eigenvalue weighted by Crippen LogP contribution is 2.25. The quantitative estimate of drug-likeness (QED) is 0.499. The van der Waals surface area contributed by atoms with Crippen LogP contribution in [0.15, 0.2) is 58.6 Å². The fraction of sp³-hybridized carbons (Fsp3) is 0.167. The maximum absolute atomic E-state index is 13.3. The van der Waals surface area contributed by atoms with E-state index < -0.39 is 20.9 Å². The molecule has 140 valence electrons. The van der Waals surface area contributed by atoms with Gasteiger partial charge in [-0.3, -0.25) is 9.89 Å². The third-order valence-corrected chi connectivity index (χ3v) is 5.87. The topological polar surface area (TPSA) is 92.8 Å². The van der Waals surface area contributed by atoms with Gasteiger partial charge in [-0.2, -0.15) is 0 Å². The summed E-state index contributed by atoms with van der Waals surface area (Å²) in [7, 11) is -3.27. The van der Waals surface area contributed by atoms with Crippen molar-refractivity contribution in [1.29, 1.82) is 0 Å². The number of rotatable bonds is 6. The molecule has 1 heterocycles. The van der Waals surface area contributed by atoms with Gasteiger partial charge >= 0.3 is 0 Å². The van der Waals surface area contributed by atoms with Crippen molar-refractivity contribution >= 4 is 27.4 Å². The lowest BCUT2D eigenvalue weighted by molar-refractivity contribution is 0.0993. The average molecular weight is 405 g/mol. The molecule has 0 fully saturated rings. The Hall–Kier alpha value is -2.52. The number of Topliss-reactive ketones (excluding diaryl/α,β-unsaturated/α-hetero) is 1. The molecule has 0 bridgehead atoms. The molecule has 0 amide bonds. The highest BCUT2D eigenvalue weighted by atomic mass is 32.2. The van der Waals surface area contributed by atoms with E-state index in [9.17, 15) is 17.6 Å². The number of carbonyl (C=O) groups is 1. The van der Waals surface area contributed by atoms with E-state index in [4.69, 9.17) is 0 Å². The molecule has 1 unspecified atom stereocenters. The highest BCUT2D eigenvalue weighted by molar-refractivity contribution is 8.00. The summed E-state index contributed by atoms with van der Waals surface area (Å²) >= 11 is 1.15. The second-order valence-corrected chi connectivity index (χ2v) is 9.22. The predicted octanol–water partition coefficient (Wildman–Crippen LogP) is 3.38. The van der Waals surface area contributed by atoms with Crippen molar-refractivity contribution in [3.8, 4) is 11.4 Å². The first-order valence-corrected chi connectivity index (χ1v) is 10.7. The van der Waals surface area contributed by atoms with E-state index >= 15 is 0 Å². The number of nitrogens with zero attached hydrogens (tertiary/aromatic N) is 2. The molecule has 6 nitrogen and oxygen atoms in total. The molecule has 2 aromatic carbocycles. The zero-order valence-corrected chi connectivity index (χ0v) is 16.1. The first-order chi connectivity index (χ1) is 12.7. The Labute approximate surface area is 160 Å². The number of halogens is 1. The molecule has 1 N–H and O–H groups in total. The van der Waals surface area contributed by atoms with Crippen molar-refractivity contribution in [2.75, 3.05) is 6.26 Å². The van der Waals surface area contributed by atoms with Crippen LogP contribution in [0, 0.1) is 5.82 Å². The molecular formula is C18H16FN3O3S2. The third-order valence-electron chi connectivity index (χ3n) is 3.78. The first-order valence-electron chi connectivity index (χ1n) is 7.93. The number of aromatic amines is 1. The lowest BCUT2D eigenvalue weighted by Gasteiger charge is -2.07. The number of benzene rings is 2. The Morgan fingerprint density at radius 2 is 1.89 bits per heavy atom. The second-order valence-electron chi connectivity index (χ2n) is 5.90. The van der Waals surface area contributed by atoms with Gasteiger partial charge in [-0.05, 0) is 43.3 Å². The number of nitrogens with one attached hydrogen (secondary N) is 1. The molecule has 27 heavy (non-hydrogen) atoms. The molecule has 0 spiro atoms. The fourth-order valence-electron chi connectivity index (χ4n) is 2.38. The summed E-state index contributed by atoms with van der Waals surface area (Å²) in [6, 6.07) is 11.8. The van der Waals surface area contributed by atoms with Crippen molar-refractivity contribution < 1.29 is 17.6 Å². The number of aromatic nitrogens is 3. The summed E-state index contributed by atoms with van der Waals surface area (Å²) in [6.07, 6.45) is 1.14. The highest BCUT2D eigenvalue weighted by Gasteiger charge is 2.19. The molecule has 0 saturated carbocycles. The summed E-state index contributed by atoms with van der Waals surface area (Å²) in [4.78, 5) is 16.9. The van der Waals surface area contributed by atoms with Crippen LogP contribution in [0.2, 0.25) is 0 Å². The summed E-state index contributed by atoms with van der Waals surface area (Å²) in [6.45, 7) is 1.70. The monoisotopic (exact) mass is 405 g/mol. The maximum atomic E-state index is 13.3. The molecule has 1 aromatic heterocycles. The average Bonchev–Trinajstić information content (AvgIpc) is 3.09. The molecular weight excluding hydrogens is 389 g/mol. The normalized spacial score (nSPS) is 12.7. The van der Waals surface area contributed by atoms with E-state index in [-0.39, 0.29) is 10.7 Å². The van der Waals surface area contributed by atoms with Crippen LogP contribution in [0.4, 0.5) is 4.39 Å². The Morgan fingerprint density at radius 3 is 2.52 bits per heavy atom. The zero-order valence-electron chi connectivity index (χ0n) is 14.5. The largest absolute Gasteiger partial charge is 0.293 e. The summed E-state index contributed by atoms with van der Waals surface area (Å²) in [5.74, 6) is -0.220. The second kappa shape index (κ2) is 7.61. The van der Waals surface area contributed by atoms with Crippen LogP contribution >= 0.6 is 11.8 Å². The molecule has 9 heteroatoms. The minimum absolute atomic E-state index is 0.217. The number of hydrogen-bond acceptors (Lipinski definition) is 6. The lowest BCUT2D eigenvalue weighted by Crippen LogP contribution is -2.13. The van der Waals surface area contributed by atoms with Gasteiger partial charge in [0.15, 0.2) is 21.4 Å². The van der Waals surface area contributed by atoms with Crippen LogP contribution in [0.3, 0.4) is 0 Å². The molecule has 1 atom stereocenters. The van der Waals surface area contributed by atoms with Crippen LogP contribution in [0.5, 0.6) is 0 Å². The number of ketones is 1. The van der Waals surface area contributed by atoms with Gasteiger partial charge in [0.1, 0.15) is 5.82 Å². The van der Waals surface area contributed by atoms with Gasteiger partial charge in [-0.15, -0.1) is 5.10 Å². The van der Waals surface area contributed by atoms with Crippen LogP contribution in [-0.4, -0.2) is 40.9 Å². The van der Waals surface area contributed by atoms with Crippen molar-refractivity contribution in [2.24, 2.45) is 0 Å². The van der Waals surface area contributed by atoms with Gasteiger partial charge in [-0.25, -0.2) is 17.8 Å². The molecule has 3 aromatic rings. The molecule has 3 rings (SSSR count). The van der Waals surface area contributed by atoms with E-state index in [0.29, 0.717) is 22.1 Å². The number of thioether (sulfide) groups is 1. The van der Waals surface area contributed by atoms with Gasteiger partial charge in [0.05, 0.1) is 10.1 Å². The minimum Gasteiger partial charge on any atom is -0.293 e. The van der Waals surface area contributed by atoms with Gasteiger partial charge < -0.3 is 0 Å². The van der Waals surface area contributed by atoms with E-state index in [1.807, 2.05) is 0 Å². The van der Waals surface area contributed by atoms with E-state index in [2.05, 4.69) is 15.2 Å². The van der Waals surface area contributed by atoms with Gasteiger partial charge in [0, 0.05) is 17.4 Å². The van der Waals surface area contributed by atoms with Crippen LogP contribution in [0.1, 0.15) is 17.3 Å². The van der Waals surface area contributed by atoms with Gasteiger partial charge in [-0.1, -0.05) is 23.9 Å². The van der Waals surface area contributed by atoms with Gasteiger partial charge in [0.2, 0.25) is 5.16 Å². The van der Waals surface area contributed by atoms with Crippen molar-refractivity contribution in [2.45, 2.75) is 22.2 Å². The van der Waals surface area contributed by atoms with Crippen molar-refractivity contribution in [3.63, 3.8) is 0 Å². The van der Waals surface area contributed by atoms with E-state index in [1.165, 1.54) is 30.3 Å². The Kier molecular flexibility index (Phi) is 5.43. The van der Waals surface area contributed by atoms with E-state index in [1.54, 1.807) is 25.1 Å². The summed E-state index contributed by atoms with van der Waals surface area (Å²) < 4.78 is 36.3. The maximum Gasteiger partial charge on any atom is 0.209 e. The Balaban J connectivity index is 1.73. The predicted molar refractivity (Wildman–Crippen MR) is 101 cm³/mol. The van der Waals surface area contributed by atoms with Crippen LogP contribution in [0.25, 0.3) is 11.4 Å². The molecule has 0 radical (unpaired) electrons. The number of carbonyl (C=O) groups excluding carboxylic acids is 1. The number of hydrogen-bond donors (Lipinski definition) is 1. The standard InChI is InChI=1S/C18H16FN3O3S2/c1-11(16(23)13-4-3-5-14(19)10-13)26-18-20-17(21-22-18)12-6-8-15(9-7-12)27(2,24)25/h3-11H,1-2H3,(H,20,21,22). The molecule has 0 aliphatic heterocycles. The van der Waals surface area contributed by atoms with Crippen LogP contribution < -0.4 is 0 Å². The lowest BCUT2D eigenvalue weighted by atomic mass is 10.1. The molecule has 0 aliphatic rings. The Morgan fingerprint density at radius 1 is 1.19 bits per heavy atom. The van der Waals surface area contributed by atoms with Crippen molar-refractivity contribution in [3.05, 3.63) is 59.9 Å². The minimum atomic E-state index is -3.27. The summed E-state index contributed by atoms with van der Waals surface area (Å²) in [5.41, 5.74) is 0.966. The smallest absolute Gasteiger partial charge is 0.209 e. The number of H-pyrrole nitrogens is 1. The van der Waals surface area contributed by atoms with Crippen molar-refractivity contribution in [1.82, 2.24) is 15.2 Å². The SMILES string of the molecule is CC(Sc1n[nH]c(-c2ccc(S(C)(=O)=O)cc2)n1)C(=O)c1cccc(F)c1. The Bertz CT molecular complexity index is 1080. The third kappa shape index (κ3) is 4.61. The van der Waals surface area contributed by atoms with Crippen LogP contribution in [-0.2, 0) is 9.84 Å². The molecule has 0 aliphatic carbocycles. The fourth-order valence-corrected chi connectivity index (χ4v) is 3.81. The summed E-state index contributed by atoms with van der Waals surface area (Å²) in [5, 5.41) is 6.72. The number of sulfone groups is 1. The van der Waals surface area contributed by atoms with E-state index in [0.717, 1.165) is 18.0 Å². The van der Waals surface area contributed by atoms with Gasteiger partial charge in [0.25, 0.3) is 0 Å². The first kappa shape index (κ1) is 19.2.